The van der Waals surface area contributed by atoms with E-state index in [1.54, 1.807) is 0 Å². The lowest BCUT2D eigenvalue weighted by molar-refractivity contribution is 0.0377. The number of unbranched alkanes of at least 4 members (excludes halogenated alkanes) is 6. The maximum Gasteiger partial charge on any atom is 0.188 e. The summed E-state index contributed by atoms with van der Waals surface area (Å²) >= 11 is 0. The quantitative estimate of drug-likeness (QED) is 0.330. The van der Waals surface area contributed by atoms with E-state index in [0.29, 0.717) is 5.96 Å². The molecule has 0 amide bonds. The molecule has 0 aromatic heterocycles. The first kappa shape index (κ1) is 19.2. The highest BCUT2D eigenvalue weighted by molar-refractivity contribution is 5.77. The third-order valence-electron chi connectivity index (χ3n) is 4.10. The zero-order chi connectivity index (χ0) is 15.9. The average molecular weight is 313 g/mol. The van der Waals surface area contributed by atoms with Gasteiger partial charge in [0.15, 0.2) is 5.96 Å². The Morgan fingerprint density at radius 1 is 1.05 bits per heavy atom. The molecule has 0 spiro atoms. The zero-order valence-corrected chi connectivity index (χ0v) is 14.5. The molecule has 5 heteroatoms. The standard InChI is InChI=1S/C17H36N4O/c1-2-3-4-5-6-7-8-10-19-17(18)20-11-9-12-21-13-15-22-16-14-21/h2-16H2,1H3,(H3,18,19,20). The summed E-state index contributed by atoms with van der Waals surface area (Å²) in [6.07, 6.45) is 10.4. The number of hydrogen-bond acceptors (Lipinski definition) is 3. The molecule has 1 fully saturated rings. The molecule has 0 radical (unpaired) electrons. The van der Waals surface area contributed by atoms with Crippen LogP contribution in [0.15, 0.2) is 4.99 Å². The molecule has 22 heavy (non-hydrogen) atoms. The summed E-state index contributed by atoms with van der Waals surface area (Å²) in [7, 11) is 0. The highest BCUT2D eigenvalue weighted by Gasteiger charge is 2.08. The van der Waals surface area contributed by atoms with E-state index in [1.807, 2.05) is 0 Å². The van der Waals surface area contributed by atoms with Crippen molar-refractivity contribution in [2.45, 2.75) is 58.3 Å². The maximum absolute atomic E-state index is 5.88. The second-order valence-electron chi connectivity index (χ2n) is 6.12. The van der Waals surface area contributed by atoms with Gasteiger partial charge < -0.3 is 15.8 Å². The number of hydrogen-bond donors (Lipinski definition) is 2. The Kier molecular flexibility index (Phi) is 12.1. The Labute approximate surface area is 136 Å². The largest absolute Gasteiger partial charge is 0.379 e. The van der Waals surface area contributed by atoms with Gasteiger partial charge in [-0.05, 0) is 12.8 Å². The molecule has 5 nitrogen and oxygen atoms in total. The van der Waals surface area contributed by atoms with Crippen molar-refractivity contribution in [2.75, 3.05) is 45.9 Å². The summed E-state index contributed by atoms with van der Waals surface area (Å²) < 4.78 is 5.34. The summed E-state index contributed by atoms with van der Waals surface area (Å²) in [5.41, 5.74) is 5.88. The van der Waals surface area contributed by atoms with E-state index in [9.17, 15) is 0 Å². The van der Waals surface area contributed by atoms with Gasteiger partial charge in [-0.1, -0.05) is 45.4 Å². The average Bonchev–Trinajstić information content (AvgIpc) is 2.55. The van der Waals surface area contributed by atoms with E-state index < -0.39 is 0 Å². The summed E-state index contributed by atoms with van der Waals surface area (Å²) in [5, 5.41) is 3.22. The van der Waals surface area contributed by atoms with Crippen LogP contribution in [0.2, 0.25) is 0 Å². The summed E-state index contributed by atoms with van der Waals surface area (Å²) in [5.74, 6) is 0.605. The van der Waals surface area contributed by atoms with Gasteiger partial charge in [-0.15, -0.1) is 0 Å². The van der Waals surface area contributed by atoms with Crippen LogP contribution in [0.4, 0.5) is 0 Å². The molecule has 1 aliphatic heterocycles. The van der Waals surface area contributed by atoms with E-state index in [0.717, 1.165) is 52.4 Å². The molecule has 1 aliphatic rings. The van der Waals surface area contributed by atoms with Crippen LogP contribution < -0.4 is 11.1 Å². The fourth-order valence-corrected chi connectivity index (χ4v) is 2.67. The van der Waals surface area contributed by atoms with Gasteiger partial charge in [-0.25, -0.2) is 0 Å². The first-order valence-corrected chi connectivity index (χ1v) is 9.17. The van der Waals surface area contributed by atoms with Crippen LogP contribution >= 0.6 is 0 Å². The molecular formula is C17H36N4O. The first-order chi connectivity index (χ1) is 10.8. The van der Waals surface area contributed by atoms with Crippen LogP contribution in [0.3, 0.4) is 0 Å². The van der Waals surface area contributed by atoms with Gasteiger partial charge in [-0.3, -0.25) is 9.89 Å². The Hall–Kier alpha value is -0.810. The lowest BCUT2D eigenvalue weighted by atomic mass is 10.1. The van der Waals surface area contributed by atoms with Crippen LogP contribution in [0.25, 0.3) is 0 Å². The lowest BCUT2D eigenvalue weighted by Crippen LogP contribution is -2.37. The Bertz CT molecular complexity index is 278. The highest BCUT2D eigenvalue weighted by Crippen LogP contribution is 2.06. The number of nitrogens with one attached hydrogen (secondary N) is 1. The maximum atomic E-state index is 5.88. The van der Waals surface area contributed by atoms with Crippen LogP contribution in [-0.4, -0.2) is 56.8 Å². The molecule has 0 unspecified atom stereocenters. The number of morpholine rings is 1. The van der Waals surface area contributed by atoms with Crippen molar-refractivity contribution in [1.82, 2.24) is 10.2 Å². The third-order valence-corrected chi connectivity index (χ3v) is 4.10. The third kappa shape index (κ3) is 10.9. The van der Waals surface area contributed by atoms with Gasteiger partial charge in [0.25, 0.3) is 0 Å². The minimum atomic E-state index is 0.605. The molecule has 0 aliphatic carbocycles. The molecule has 1 heterocycles. The second-order valence-corrected chi connectivity index (χ2v) is 6.12. The Morgan fingerprint density at radius 3 is 2.45 bits per heavy atom. The van der Waals surface area contributed by atoms with Gasteiger partial charge in [0, 0.05) is 32.7 Å². The number of nitrogens with two attached hydrogens (primary N) is 1. The lowest BCUT2D eigenvalue weighted by Gasteiger charge is -2.26. The monoisotopic (exact) mass is 312 g/mol. The fourth-order valence-electron chi connectivity index (χ4n) is 2.67. The van der Waals surface area contributed by atoms with Crippen molar-refractivity contribution in [3.8, 4) is 0 Å². The predicted octanol–water partition coefficient (Wildman–Crippen LogP) is 2.36. The van der Waals surface area contributed by atoms with Crippen LogP contribution in [0.1, 0.15) is 58.3 Å². The second kappa shape index (κ2) is 13.8. The summed E-state index contributed by atoms with van der Waals surface area (Å²) in [4.78, 5) is 6.82. The number of aliphatic imine (C=N–C) groups is 1. The van der Waals surface area contributed by atoms with Crippen molar-refractivity contribution in [3.05, 3.63) is 0 Å². The van der Waals surface area contributed by atoms with Crippen molar-refractivity contribution in [1.29, 1.82) is 0 Å². The molecule has 1 saturated heterocycles. The van der Waals surface area contributed by atoms with Crippen molar-refractivity contribution >= 4 is 5.96 Å². The smallest absolute Gasteiger partial charge is 0.188 e. The van der Waals surface area contributed by atoms with Gasteiger partial charge in [-0.2, -0.15) is 0 Å². The highest BCUT2D eigenvalue weighted by atomic mass is 16.5. The molecule has 0 saturated carbocycles. The summed E-state index contributed by atoms with van der Waals surface area (Å²) in [6, 6.07) is 0. The summed E-state index contributed by atoms with van der Waals surface area (Å²) in [6.45, 7) is 8.95. The zero-order valence-electron chi connectivity index (χ0n) is 14.5. The van der Waals surface area contributed by atoms with Gasteiger partial charge in [0.05, 0.1) is 13.2 Å². The fraction of sp³-hybridized carbons (Fsp3) is 0.941. The number of guanidine groups is 1. The predicted molar refractivity (Wildman–Crippen MR) is 94.4 cm³/mol. The first-order valence-electron chi connectivity index (χ1n) is 9.17. The molecule has 0 atom stereocenters. The minimum absolute atomic E-state index is 0.605. The molecule has 1 rings (SSSR count). The number of nitrogens with zero attached hydrogens (tertiary/aromatic N) is 2. The van der Waals surface area contributed by atoms with E-state index >= 15 is 0 Å². The van der Waals surface area contributed by atoms with E-state index in [-0.39, 0.29) is 0 Å². The van der Waals surface area contributed by atoms with Gasteiger partial charge in [0.2, 0.25) is 0 Å². The SMILES string of the molecule is CCCCCCCCCNC(N)=NCCCN1CCOCC1. The minimum Gasteiger partial charge on any atom is -0.379 e. The van der Waals surface area contributed by atoms with E-state index in [1.165, 1.54) is 44.9 Å². The van der Waals surface area contributed by atoms with Gasteiger partial charge >= 0.3 is 0 Å². The number of rotatable bonds is 12. The van der Waals surface area contributed by atoms with Crippen molar-refractivity contribution in [2.24, 2.45) is 10.7 Å². The topological polar surface area (TPSA) is 62.9 Å². The molecule has 0 bridgehead atoms. The van der Waals surface area contributed by atoms with E-state index in [2.05, 4.69) is 22.1 Å². The molecule has 3 N–H and O–H groups in total. The molecule has 0 aromatic carbocycles. The van der Waals surface area contributed by atoms with Crippen LogP contribution in [-0.2, 0) is 4.74 Å². The van der Waals surface area contributed by atoms with E-state index in [4.69, 9.17) is 10.5 Å². The Morgan fingerprint density at radius 2 is 1.73 bits per heavy atom. The molecule has 130 valence electrons. The van der Waals surface area contributed by atoms with Crippen LogP contribution in [0, 0.1) is 0 Å². The normalized spacial score (nSPS) is 16.9. The van der Waals surface area contributed by atoms with Crippen LogP contribution in [0.5, 0.6) is 0 Å². The number of ether oxygens (including phenoxy) is 1. The van der Waals surface area contributed by atoms with Crippen molar-refractivity contribution < 1.29 is 4.74 Å². The van der Waals surface area contributed by atoms with Crippen molar-refractivity contribution in [3.63, 3.8) is 0 Å². The molecule has 0 aromatic rings. The Balaban J connectivity index is 1.87. The van der Waals surface area contributed by atoms with Gasteiger partial charge in [0.1, 0.15) is 0 Å². The molecular weight excluding hydrogens is 276 g/mol.